The Labute approximate surface area is 197 Å². The molecule has 0 spiro atoms. The lowest BCUT2D eigenvalue weighted by atomic mass is 10.1. The molecule has 1 aliphatic rings. The molecule has 1 fully saturated rings. The maximum absolute atomic E-state index is 13.7. The lowest BCUT2D eigenvalue weighted by Crippen LogP contribution is -2.33. The number of rotatable bonds is 4. The summed E-state index contributed by atoms with van der Waals surface area (Å²) in [6.07, 6.45) is 6.10. The smallest absolute Gasteiger partial charge is 0.283 e. The van der Waals surface area contributed by atoms with Crippen molar-refractivity contribution in [3.63, 3.8) is 0 Å². The molecule has 4 aromatic rings. The number of para-hydroxylation sites is 1. The van der Waals surface area contributed by atoms with Gasteiger partial charge in [0.25, 0.3) is 5.56 Å². The number of benzene rings is 2. The maximum Gasteiger partial charge on any atom is 0.283 e. The zero-order valence-electron chi connectivity index (χ0n) is 18.1. The van der Waals surface area contributed by atoms with Gasteiger partial charge in [0.2, 0.25) is 0 Å². The van der Waals surface area contributed by atoms with Crippen LogP contribution in [-0.4, -0.2) is 27.3 Å². The predicted molar refractivity (Wildman–Crippen MR) is 133 cm³/mol. The zero-order valence-corrected chi connectivity index (χ0v) is 19.8. The molecule has 166 valence electrons. The molecular weight excluding hydrogens is 468 g/mol. The van der Waals surface area contributed by atoms with Gasteiger partial charge in [-0.1, -0.05) is 24.6 Å². The molecule has 7 heteroatoms. The molecular formula is C25H27BrN4O2. The van der Waals surface area contributed by atoms with Gasteiger partial charge in [0.1, 0.15) is 11.0 Å². The van der Waals surface area contributed by atoms with Crippen molar-refractivity contribution in [1.82, 2.24) is 19.5 Å². The van der Waals surface area contributed by atoms with E-state index in [2.05, 4.69) is 5.32 Å². The molecule has 0 bridgehead atoms. The Morgan fingerprint density at radius 2 is 1.81 bits per heavy atom. The van der Waals surface area contributed by atoms with Crippen molar-refractivity contribution < 1.29 is 4.74 Å². The summed E-state index contributed by atoms with van der Waals surface area (Å²) in [6, 6.07) is 17.7. The van der Waals surface area contributed by atoms with Crippen LogP contribution in [0.1, 0.15) is 32.6 Å². The maximum atomic E-state index is 13.7. The summed E-state index contributed by atoms with van der Waals surface area (Å²) < 4.78 is 9.27. The third-order valence-corrected chi connectivity index (χ3v) is 5.77. The highest BCUT2D eigenvalue weighted by atomic mass is 79.9. The van der Waals surface area contributed by atoms with Crippen LogP contribution in [0, 0.1) is 0 Å². The van der Waals surface area contributed by atoms with Crippen LogP contribution in [-0.2, 0) is 0 Å². The second kappa shape index (κ2) is 9.61. The van der Waals surface area contributed by atoms with E-state index in [9.17, 15) is 4.79 Å². The molecule has 0 saturated carbocycles. The number of fused-ring (bicyclic) bond motifs is 1. The number of halogens is 1. The number of hydrogen-bond acceptors (Lipinski definition) is 4. The molecule has 1 N–H and O–H groups in total. The van der Waals surface area contributed by atoms with Gasteiger partial charge in [-0.05, 0) is 62.6 Å². The van der Waals surface area contributed by atoms with E-state index in [0.717, 1.165) is 54.2 Å². The minimum Gasteiger partial charge on any atom is -0.494 e. The van der Waals surface area contributed by atoms with E-state index in [-0.39, 0.29) is 22.5 Å². The summed E-state index contributed by atoms with van der Waals surface area (Å²) in [6.45, 7) is 3.49. The number of aromatic nitrogens is 3. The summed E-state index contributed by atoms with van der Waals surface area (Å²) in [5.41, 5.74) is 4.35. The summed E-state index contributed by atoms with van der Waals surface area (Å²) >= 11 is 0. The van der Waals surface area contributed by atoms with Crippen molar-refractivity contribution in [1.29, 1.82) is 0 Å². The molecule has 0 aliphatic carbocycles. The Bertz CT molecular complexity index is 1300. The van der Waals surface area contributed by atoms with Crippen LogP contribution in [0.15, 0.2) is 65.6 Å². The van der Waals surface area contributed by atoms with Crippen molar-refractivity contribution in [3.05, 3.63) is 76.4 Å². The Morgan fingerprint density at radius 3 is 2.56 bits per heavy atom. The van der Waals surface area contributed by atoms with Gasteiger partial charge in [-0.3, -0.25) is 4.79 Å². The molecule has 0 atom stereocenters. The van der Waals surface area contributed by atoms with Crippen molar-refractivity contribution in [2.75, 3.05) is 13.2 Å². The number of imidazole rings is 1. The van der Waals surface area contributed by atoms with Gasteiger partial charge in [-0.2, -0.15) is 0 Å². The van der Waals surface area contributed by atoms with Crippen LogP contribution in [0.2, 0.25) is 0 Å². The minimum absolute atomic E-state index is 0. The molecule has 0 radical (unpaired) electrons. The first-order chi connectivity index (χ1) is 15.3. The molecule has 3 heterocycles. The van der Waals surface area contributed by atoms with Crippen LogP contribution in [0.25, 0.3) is 28.3 Å². The fraction of sp³-hybridized carbons (Fsp3) is 0.280. The zero-order chi connectivity index (χ0) is 21.2. The monoisotopic (exact) mass is 494 g/mol. The third-order valence-electron chi connectivity index (χ3n) is 5.77. The SMILES string of the molecule is Br.CCOc1ccc(-c2cnc3/c(=C4\CCCCCN4)c(=O)n(-c4ccccc4)n23)cc1. The van der Waals surface area contributed by atoms with Crippen LogP contribution in [0.3, 0.4) is 0 Å². The number of nitrogens with zero attached hydrogens (tertiary/aromatic N) is 3. The van der Waals surface area contributed by atoms with Crippen LogP contribution in [0.4, 0.5) is 0 Å². The Morgan fingerprint density at radius 1 is 1.03 bits per heavy atom. The number of hydrogen-bond donors (Lipinski definition) is 1. The van der Waals surface area contributed by atoms with Gasteiger partial charge < -0.3 is 10.1 Å². The highest BCUT2D eigenvalue weighted by Gasteiger charge is 2.20. The molecule has 2 aromatic heterocycles. The predicted octanol–water partition coefficient (Wildman–Crippen LogP) is 4.12. The van der Waals surface area contributed by atoms with E-state index in [1.54, 1.807) is 4.68 Å². The van der Waals surface area contributed by atoms with Gasteiger partial charge in [0.05, 0.1) is 24.2 Å². The average molecular weight is 495 g/mol. The van der Waals surface area contributed by atoms with Crippen LogP contribution in [0.5, 0.6) is 5.75 Å². The highest BCUT2D eigenvalue weighted by Crippen LogP contribution is 2.24. The van der Waals surface area contributed by atoms with Gasteiger partial charge in [0.15, 0.2) is 5.65 Å². The highest BCUT2D eigenvalue weighted by molar-refractivity contribution is 8.93. The van der Waals surface area contributed by atoms with Gasteiger partial charge in [0, 0.05) is 17.8 Å². The first-order valence-electron chi connectivity index (χ1n) is 11.0. The lowest BCUT2D eigenvalue weighted by Gasteiger charge is -2.08. The van der Waals surface area contributed by atoms with E-state index >= 15 is 0 Å². The summed E-state index contributed by atoms with van der Waals surface area (Å²) in [5.74, 6) is 0.828. The fourth-order valence-corrected chi connectivity index (χ4v) is 4.31. The van der Waals surface area contributed by atoms with Gasteiger partial charge in [-0.15, -0.1) is 17.0 Å². The van der Waals surface area contributed by atoms with Crippen molar-refractivity contribution in [3.8, 4) is 22.7 Å². The molecule has 1 aliphatic heterocycles. The topological polar surface area (TPSA) is 60.6 Å². The molecule has 2 aromatic carbocycles. The normalized spacial score (nSPS) is 15.7. The summed E-state index contributed by atoms with van der Waals surface area (Å²) in [4.78, 5) is 18.4. The molecule has 1 saturated heterocycles. The Hall–Kier alpha value is -3.06. The molecule has 0 unspecified atom stereocenters. The molecule has 32 heavy (non-hydrogen) atoms. The van der Waals surface area contributed by atoms with Gasteiger partial charge in [-0.25, -0.2) is 14.2 Å². The molecule has 5 rings (SSSR count). The largest absolute Gasteiger partial charge is 0.494 e. The van der Waals surface area contributed by atoms with E-state index in [1.165, 1.54) is 6.42 Å². The minimum atomic E-state index is -0.0362. The fourth-order valence-electron chi connectivity index (χ4n) is 4.31. The summed E-state index contributed by atoms with van der Waals surface area (Å²) in [5, 5.41) is 4.18. The van der Waals surface area contributed by atoms with Crippen molar-refractivity contribution >= 4 is 28.3 Å². The van der Waals surface area contributed by atoms with Crippen LogP contribution < -0.4 is 20.8 Å². The molecule has 0 amide bonds. The van der Waals surface area contributed by atoms with Crippen LogP contribution >= 0.6 is 17.0 Å². The van der Waals surface area contributed by atoms with E-state index < -0.39 is 0 Å². The summed E-state index contributed by atoms with van der Waals surface area (Å²) in [7, 11) is 0. The number of ether oxygens (including phenoxy) is 1. The lowest BCUT2D eigenvalue weighted by molar-refractivity contribution is 0.340. The third kappa shape index (κ3) is 3.93. The Kier molecular flexibility index (Phi) is 6.65. The quantitative estimate of drug-likeness (QED) is 0.463. The second-order valence-corrected chi connectivity index (χ2v) is 7.78. The van der Waals surface area contributed by atoms with Gasteiger partial charge >= 0.3 is 0 Å². The van der Waals surface area contributed by atoms with Crippen molar-refractivity contribution in [2.24, 2.45) is 0 Å². The van der Waals surface area contributed by atoms with Crippen molar-refractivity contribution in [2.45, 2.75) is 32.6 Å². The first-order valence-corrected chi connectivity index (χ1v) is 11.0. The van der Waals surface area contributed by atoms with E-state index in [1.807, 2.05) is 72.2 Å². The standard InChI is InChI=1S/C25H26N4O2.BrH/c1-2-31-20-14-12-18(13-15-20)22-17-27-24-23(21-11-7-4-8-16-26-21)25(30)28(29(22)24)19-9-5-3-6-10-19;/h3,5-6,9-10,12-15,17,26H,2,4,7-8,11,16H2,1H3;1H/b23-21-;. The van der Waals surface area contributed by atoms with E-state index in [0.29, 0.717) is 17.5 Å². The van der Waals surface area contributed by atoms with E-state index in [4.69, 9.17) is 9.72 Å². The molecule has 6 nitrogen and oxygen atoms in total. The number of nitrogens with one attached hydrogen (secondary N) is 1. The average Bonchev–Trinajstić information content (AvgIpc) is 3.20. The second-order valence-electron chi connectivity index (χ2n) is 7.78. The first kappa shape index (κ1) is 22.1. The Balaban J connectivity index is 0.00000245.